The van der Waals surface area contributed by atoms with E-state index in [-0.39, 0.29) is 0 Å². The fraction of sp³-hybridized carbons (Fsp3) is 1.00. The minimum atomic E-state index is 0.290. The molecule has 0 aliphatic rings. The van der Waals surface area contributed by atoms with Gasteiger partial charge in [0.2, 0.25) is 0 Å². The minimum Gasteiger partial charge on any atom is -0.330 e. The molecule has 0 unspecified atom stereocenters. The van der Waals surface area contributed by atoms with Crippen LogP contribution in [0.15, 0.2) is 0 Å². The van der Waals surface area contributed by atoms with Crippen LogP contribution in [0.5, 0.6) is 0 Å². The highest BCUT2D eigenvalue weighted by molar-refractivity contribution is 4.62. The summed E-state index contributed by atoms with van der Waals surface area (Å²) in [6.07, 6.45) is 1.04. The molecule has 0 saturated carbocycles. The molecule has 0 spiro atoms. The molecule has 50 valence electrons. The van der Waals surface area contributed by atoms with Gasteiger partial charge >= 0.3 is 0 Å². The average Bonchev–Trinajstić information content (AvgIpc) is 1.67. The Bertz CT molecular complexity index is 52.5. The summed E-state index contributed by atoms with van der Waals surface area (Å²) in [5, 5.41) is 0. The van der Waals surface area contributed by atoms with Crippen LogP contribution in [0.4, 0.5) is 0 Å². The lowest BCUT2D eigenvalue weighted by molar-refractivity contribution is 0.457. The number of rotatable bonds is 3. The van der Waals surface area contributed by atoms with Gasteiger partial charge in [0.1, 0.15) is 0 Å². The van der Waals surface area contributed by atoms with Crippen molar-refractivity contribution in [1.82, 2.24) is 0 Å². The molecule has 0 heterocycles. The van der Waals surface area contributed by atoms with Gasteiger partial charge in [0.05, 0.1) is 0 Å². The highest BCUT2D eigenvalue weighted by Gasteiger charge is 2.03. The van der Waals surface area contributed by atoms with Gasteiger partial charge in [0, 0.05) is 6.04 Å². The maximum Gasteiger partial charge on any atom is 0.00365 e. The summed E-state index contributed by atoms with van der Waals surface area (Å²) in [6.45, 7) is 4.89. The van der Waals surface area contributed by atoms with E-state index in [2.05, 4.69) is 6.92 Å². The molecule has 0 aliphatic heterocycles. The monoisotopic (exact) mass is 116 g/mol. The Kier molecular flexibility index (Phi) is 3.83. The Hall–Kier alpha value is -0.0800. The van der Waals surface area contributed by atoms with E-state index in [1.165, 1.54) is 0 Å². The van der Waals surface area contributed by atoms with Crippen LogP contribution in [0.3, 0.4) is 0 Å². The smallest absolute Gasteiger partial charge is 0.00365 e. The fourth-order valence-electron chi connectivity index (χ4n) is 0.526. The molecule has 0 fully saturated rings. The first-order valence-electron chi connectivity index (χ1n) is 3.14. The number of nitrogens with two attached hydrogens (primary N) is 2. The summed E-state index contributed by atoms with van der Waals surface area (Å²) in [4.78, 5) is 0. The topological polar surface area (TPSA) is 52.0 Å². The summed E-state index contributed by atoms with van der Waals surface area (Å²) in [5.74, 6) is 0.569. The zero-order valence-electron chi connectivity index (χ0n) is 5.72. The van der Waals surface area contributed by atoms with Gasteiger partial charge < -0.3 is 11.5 Å². The van der Waals surface area contributed by atoms with E-state index in [0.717, 1.165) is 13.0 Å². The predicted octanol–water partition coefficient (Wildman–Crippen LogP) is 0.318. The lowest BCUT2D eigenvalue weighted by Crippen LogP contribution is -2.25. The molecular formula is C6H16N2. The Balaban J connectivity index is 3.17. The second-order valence-corrected chi connectivity index (χ2v) is 2.41. The summed E-state index contributed by atoms with van der Waals surface area (Å²) in [7, 11) is 0. The SMILES string of the molecule is C[C@H](CCN)[C@@H](C)N. The lowest BCUT2D eigenvalue weighted by atomic mass is 10.0. The molecule has 0 radical (unpaired) electrons. The zero-order valence-corrected chi connectivity index (χ0v) is 5.72. The van der Waals surface area contributed by atoms with Crippen molar-refractivity contribution < 1.29 is 0 Å². The van der Waals surface area contributed by atoms with E-state index in [0.29, 0.717) is 12.0 Å². The van der Waals surface area contributed by atoms with Crippen molar-refractivity contribution in [1.29, 1.82) is 0 Å². The van der Waals surface area contributed by atoms with Crippen LogP contribution in [-0.2, 0) is 0 Å². The molecule has 0 aromatic heterocycles. The van der Waals surface area contributed by atoms with Crippen LogP contribution < -0.4 is 11.5 Å². The van der Waals surface area contributed by atoms with Gasteiger partial charge in [-0.25, -0.2) is 0 Å². The van der Waals surface area contributed by atoms with Crippen molar-refractivity contribution in [3.05, 3.63) is 0 Å². The highest BCUT2D eigenvalue weighted by Crippen LogP contribution is 2.02. The predicted molar refractivity (Wildman–Crippen MR) is 36.5 cm³/mol. The third kappa shape index (κ3) is 2.99. The summed E-state index contributed by atoms with van der Waals surface area (Å²) < 4.78 is 0. The first-order chi connectivity index (χ1) is 3.68. The lowest BCUT2D eigenvalue weighted by Gasteiger charge is -2.12. The Labute approximate surface area is 51.2 Å². The van der Waals surface area contributed by atoms with Crippen LogP contribution >= 0.6 is 0 Å². The van der Waals surface area contributed by atoms with Crippen LogP contribution in [0.2, 0.25) is 0 Å². The van der Waals surface area contributed by atoms with Gasteiger partial charge in [0.15, 0.2) is 0 Å². The largest absolute Gasteiger partial charge is 0.330 e. The Morgan fingerprint density at radius 3 is 2.00 bits per heavy atom. The van der Waals surface area contributed by atoms with Crippen molar-refractivity contribution >= 4 is 0 Å². The van der Waals surface area contributed by atoms with Crippen molar-refractivity contribution in [3.63, 3.8) is 0 Å². The molecule has 4 N–H and O–H groups in total. The van der Waals surface area contributed by atoms with E-state index in [1.54, 1.807) is 0 Å². The van der Waals surface area contributed by atoms with Gasteiger partial charge in [-0.15, -0.1) is 0 Å². The Morgan fingerprint density at radius 1 is 1.38 bits per heavy atom. The second-order valence-electron chi connectivity index (χ2n) is 2.41. The molecule has 0 rings (SSSR count). The van der Waals surface area contributed by atoms with E-state index in [9.17, 15) is 0 Å². The van der Waals surface area contributed by atoms with Crippen LogP contribution in [0, 0.1) is 5.92 Å². The maximum absolute atomic E-state index is 5.57. The second kappa shape index (κ2) is 3.87. The summed E-state index contributed by atoms with van der Waals surface area (Å²) >= 11 is 0. The molecule has 0 amide bonds. The molecule has 0 aliphatic carbocycles. The van der Waals surface area contributed by atoms with E-state index in [4.69, 9.17) is 11.5 Å². The zero-order chi connectivity index (χ0) is 6.57. The normalized spacial score (nSPS) is 18.0. The van der Waals surface area contributed by atoms with Crippen molar-refractivity contribution in [2.24, 2.45) is 17.4 Å². The first kappa shape index (κ1) is 7.92. The number of hydrogen-bond donors (Lipinski definition) is 2. The maximum atomic E-state index is 5.57. The molecule has 2 heteroatoms. The van der Waals surface area contributed by atoms with Crippen molar-refractivity contribution in [2.75, 3.05) is 6.54 Å². The molecule has 0 bridgehead atoms. The van der Waals surface area contributed by atoms with E-state index >= 15 is 0 Å². The molecule has 2 atom stereocenters. The van der Waals surface area contributed by atoms with E-state index < -0.39 is 0 Å². The Morgan fingerprint density at radius 2 is 1.88 bits per heavy atom. The standard InChI is InChI=1S/C6H16N2/c1-5(3-4-7)6(2)8/h5-6H,3-4,7-8H2,1-2H3/t5-,6-/m1/s1. The van der Waals surface area contributed by atoms with Crippen LogP contribution in [0.25, 0.3) is 0 Å². The molecule has 2 nitrogen and oxygen atoms in total. The minimum absolute atomic E-state index is 0.290. The molecule has 0 saturated heterocycles. The molecule has 0 aromatic rings. The van der Waals surface area contributed by atoms with Gasteiger partial charge in [-0.2, -0.15) is 0 Å². The van der Waals surface area contributed by atoms with Gasteiger partial charge in [-0.05, 0) is 25.8 Å². The third-order valence-electron chi connectivity index (χ3n) is 1.52. The van der Waals surface area contributed by atoms with Crippen LogP contribution in [-0.4, -0.2) is 12.6 Å². The van der Waals surface area contributed by atoms with Crippen molar-refractivity contribution in [3.8, 4) is 0 Å². The summed E-state index contributed by atoms with van der Waals surface area (Å²) in [5.41, 5.74) is 10.9. The molecular weight excluding hydrogens is 100 g/mol. The number of hydrogen-bond acceptors (Lipinski definition) is 2. The van der Waals surface area contributed by atoms with Crippen molar-refractivity contribution in [2.45, 2.75) is 26.3 Å². The molecule has 8 heavy (non-hydrogen) atoms. The van der Waals surface area contributed by atoms with Gasteiger partial charge in [-0.1, -0.05) is 6.92 Å². The van der Waals surface area contributed by atoms with Crippen LogP contribution in [0.1, 0.15) is 20.3 Å². The third-order valence-corrected chi connectivity index (χ3v) is 1.52. The first-order valence-corrected chi connectivity index (χ1v) is 3.14. The quantitative estimate of drug-likeness (QED) is 0.558. The summed E-state index contributed by atoms with van der Waals surface area (Å²) in [6, 6.07) is 0.290. The van der Waals surface area contributed by atoms with Gasteiger partial charge in [-0.3, -0.25) is 0 Å². The molecule has 0 aromatic carbocycles. The fourth-order valence-corrected chi connectivity index (χ4v) is 0.526. The van der Waals surface area contributed by atoms with Gasteiger partial charge in [0.25, 0.3) is 0 Å². The highest BCUT2D eigenvalue weighted by atomic mass is 14.6. The average molecular weight is 116 g/mol. The van der Waals surface area contributed by atoms with E-state index in [1.807, 2.05) is 6.92 Å².